The molecular weight excluding hydrogens is 174 g/mol. The number of nitrogens with zero attached hydrogens (tertiary/aromatic N) is 1. The summed E-state index contributed by atoms with van der Waals surface area (Å²) in [5, 5.41) is 0. The Hall–Kier alpha value is -1.18. The Morgan fingerprint density at radius 1 is 1.50 bits per heavy atom. The van der Waals surface area contributed by atoms with Gasteiger partial charge in [0.1, 0.15) is 5.75 Å². The second kappa shape index (κ2) is 3.52. The van der Waals surface area contributed by atoms with Crippen molar-refractivity contribution < 1.29 is 4.74 Å². The summed E-state index contributed by atoms with van der Waals surface area (Å²) in [4.78, 5) is 2.36. The van der Waals surface area contributed by atoms with E-state index in [1.807, 2.05) is 6.07 Å². The van der Waals surface area contributed by atoms with Crippen LogP contribution < -0.4 is 9.64 Å². The maximum atomic E-state index is 5.37. The van der Waals surface area contributed by atoms with Gasteiger partial charge in [0, 0.05) is 24.3 Å². The fraction of sp³-hybridized carbons (Fsp3) is 0.500. The predicted molar refractivity (Wildman–Crippen MR) is 59.2 cm³/mol. The number of methoxy groups -OCH3 is 1. The van der Waals surface area contributed by atoms with Gasteiger partial charge in [-0.3, -0.25) is 0 Å². The van der Waals surface area contributed by atoms with Gasteiger partial charge in [-0.1, -0.05) is 13.0 Å². The Labute approximate surface area is 85.5 Å². The lowest BCUT2D eigenvalue weighted by Gasteiger charge is -2.20. The second-order valence-corrected chi connectivity index (χ2v) is 3.84. The molecule has 0 radical (unpaired) electrons. The Balaban J connectivity index is 2.42. The summed E-state index contributed by atoms with van der Waals surface area (Å²) in [6.07, 6.45) is 2.31. The Kier molecular flexibility index (Phi) is 2.36. The molecule has 0 fully saturated rings. The number of anilines is 1. The molecule has 0 bridgehead atoms. The van der Waals surface area contributed by atoms with Gasteiger partial charge >= 0.3 is 0 Å². The van der Waals surface area contributed by atoms with Gasteiger partial charge in [0.05, 0.1) is 7.11 Å². The van der Waals surface area contributed by atoms with E-state index in [9.17, 15) is 0 Å². The van der Waals surface area contributed by atoms with Crippen LogP contribution in [-0.4, -0.2) is 20.2 Å². The molecule has 2 nitrogen and oxygen atoms in total. The molecule has 1 aliphatic rings. The molecule has 14 heavy (non-hydrogen) atoms. The standard InChI is InChI=1S/C12H17NO/c1-4-9-8-10-11(13(9)2)6-5-7-12(10)14-3/h5-7,9H,4,8H2,1-3H3. The molecule has 0 spiro atoms. The highest BCUT2D eigenvalue weighted by Crippen LogP contribution is 2.37. The van der Waals surface area contributed by atoms with Crippen molar-refractivity contribution in [3.8, 4) is 5.75 Å². The maximum absolute atomic E-state index is 5.37. The summed E-state index contributed by atoms with van der Waals surface area (Å²) in [5.41, 5.74) is 2.69. The zero-order valence-electron chi connectivity index (χ0n) is 9.08. The molecule has 1 aliphatic heterocycles. The van der Waals surface area contributed by atoms with E-state index in [-0.39, 0.29) is 0 Å². The van der Waals surface area contributed by atoms with E-state index in [0.29, 0.717) is 6.04 Å². The molecular formula is C12H17NO. The largest absolute Gasteiger partial charge is 0.496 e. The van der Waals surface area contributed by atoms with Crippen LogP contribution in [0.3, 0.4) is 0 Å². The quantitative estimate of drug-likeness (QED) is 0.712. The van der Waals surface area contributed by atoms with Crippen LogP contribution in [-0.2, 0) is 6.42 Å². The van der Waals surface area contributed by atoms with Crippen molar-refractivity contribution in [1.82, 2.24) is 0 Å². The highest BCUT2D eigenvalue weighted by molar-refractivity contribution is 5.63. The first-order chi connectivity index (χ1) is 6.77. The minimum atomic E-state index is 0.640. The van der Waals surface area contributed by atoms with Crippen molar-refractivity contribution in [2.75, 3.05) is 19.1 Å². The summed E-state index contributed by atoms with van der Waals surface area (Å²) in [6.45, 7) is 2.24. The summed E-state index contributed by atoms with van der Waals surface area (Å²) >= 11 is 0. The van der Waals surface area contributed by atoms with Crippen LogP contribution in [0.1, 0.15) is 18.9 Å². The van der Waals surface area contributed by atoms with Crippen LogP contribution in [0.4, 0.5) is 5.69 Å². The molecule has 1 heterocycles. The molecule has 0 aliphatic carbocycles. The normalized spacial score (nSPS) is 19.6. The van der Waals surface area contributed by atoms with Crippen LogP contribution in [0.5, 0.6) is 5.75 Å². The van der Waals surface area contributed by atoms with Crippen molar-refractivity contribution in [1.29, 1.82) is 0 Å². The topological polar surface area (TPSA) is 12.5 Å². The number of ether oxygens (including phenoxy) is 1. The van der Waals surface area contributed by atoms with E-state index in [1.54, 1.807) is 7.11 Å². The molecule has 1 atom stereocenters. The van der Waals surface area contributed by atoms with Crippen LogP contribution in [0, 0.1) is 0 Å². The van der Waals surface area contributed by atoms with Crippen LogP contribution >= 0.6 is 0 Å². The van der Waals surface area contributed by atoms with Crippen molar-refractivity contribution in [2.45, 2.75) is 25.8 Å². The first-order valence-electron chi connectivity index (χ1n) is 5.16. The molecule has 0 aromatic heterocycles. The van der Waals surface area contributed by atoms with E-state index in [2.05, 4.69) is 31.0 Å². The van der Waals surface area contributed by atoms with Gasteiger partial charge in [0.2, 0.25) is 0 Å². The van der Waals surface area contributed by atoms with Crippen molar-refractivity contribution in [3.05, 3.63) is 23.8 Å². The number of likely N-dealkylation sites (N-methyl/N-ethyl adjacent to an activating group) is 1. The average Bonchev–Trinajstić information content (AvgIpc) is 2.55. The second-order valence-electron chi connectivity index (χ2n) is 3.84. The summed E-state index contributed by atoms with van der Waals surface area (Å²) < 4.78 is 5.37. The zero-order valence-corrected chi connectivity index (χ0v) is 9.08. The predicted octanol–water partition coefficient (Wildman–Crippen LogP) is 2.47. The van der Waals surface area contributed by atoms with Crippen LogP contribution in [0.15, 0.2) is 18.2 Å². The number of hydrogen-bond acceptors (Lipinski definition) is 2. The molecule has 1 aromatic rings. The number of rotatable bonds is 2. The summed E-state index contributed by atoms with van der Waals surface area (Å²) in [7, 11) is 3.91. The Morgan fingerprint density at radius 3 is 2.93 bits per heavy atom. The van der Waals surface area contributed by atoms with Gasteiger partial charge < -0.3 is 9.64 Å². The molecule has 0 N–H and O–H groups in total. The maximum Gasteiger partial charge on any atom is 0.124 e. The lowest BCUT2D eigenvalue weighted by molar-refractivity contribution is 0.410. The third kappa shape index (κ3) is 1.26. The highest BCUT2D eigenvalue weighted by Gasteiger charge is 2.27. The number of benzene rings is 1. The first kappa shape index (κ1) is 9.38. The van der Waals surface area contributed by atoms with Crippen molar-refractivity contribution in [3.63, 3.8) is 0 Å². The monoisotopic (exact) mass is 191 g/mol. The fourth-order valence-corrected chi connectivity index (χ4v) is 2.27. The molecule has 0 saturated heterocycles. The Morgan fingerprint density at radius 2 is 2.29 bits per heavy atom. The highest BCUT2D eigenvalue weighted by atomic mass is 16.5. The summed E-state index contributed by atoms with van der Waals surface area (Å²) in [5.74, 6) is 1.03. The van der Waals surface area contributed by atoms with Crippen molar-refractivity contribution in [2.24, 2.45) is 0 Å². The molecule has 2 heteroatoms. The SMILES string of the molecule is CCC1Cc2c(OC)cccc2N1C. The van der Waals surface area contributed by atoms with Gasteiger partial charge in [-0.2, -0.15) is 0 Å². The van der Waals surface area contributed by atoms with Crippen LogP contribution in [0.2, 0.25) is 0 Å². The number of hydrogen-bond donors (Lipinski definition) is 0. The van der Waals surface area contributed by atoms with Crippen molar-refractivity contribution >= 4 is 5.69 Å². The average molecular weight is 191 g/mol. The molecule has 0 amide bonds. The van der Waals surface area contributed by atoms with Gasteiger partial charge in [-0.15, -0.1) is 0 Å². The van der Waals surface area contributed by atoms with Gasteiger partial charge in [0.25, 0.3) is 0 Å². The third-order valence-corrected chi connectivity index (χ3v) is 3.17. The number of fused-ring (bicyclic) bond motifs is 1. The minimum Gasteiger partial charge on any atom is -0.496 e. The van der Waals surface area contributed by atoms with E-state index in [0.717, 1.165) is 12.2 Å². The first-order valence-corrected chi connectivity index (χ1v) is 5.16. The molecule has 0 saturated carbocycles. The molecule has 1 aromatic carbocycles. The third-order valence-electron chi connectivity index (χ3n) is 3.17. The van der Waals surface area contributed by atoms with E-state index < -0.39 is 0 Å². The van der Waals surface area contributed by atoms with E-state index >= 15 is 0 Å². The lowest BCUT2D eigenvalue weighted by Crippen LogP contribution is -2.26. The summed E-state index contributed by atoms with van der Waals surface area (Å²) in [6, 6.07) is 6.92. The van der Waals surface area contributed by atoms with E-state index in [1.165, 1.54) is 17.7 Å². The lowest BCUT2D eigenvalue weighted by atomic mass is 10.1. The van der Waals surface area contributed by atoms with Gasteiger partial charge in [-0.25, -0.2) is 0 Å². The fourth-order valence-electron chi connectivity index (χ4n) is 2.27. The Bertz CT molecular complexity index is 335. The minimum absolute atomic E-state index is 0.640. The molecule has 76 valence electrons. The van der Waals surface area contributed by atoms with E-state index in [4.69, 9.17) is 4.74 Å². The molecule has 1 unspecified atom stereocenters. The van der Waals surface area contributed by atoms with Gasteiger partial charge in [-0.05, 0) is 25.0 Å². The smallest absolute Gasteiger partial charge is 0.124 e. The zero-order chi connectivity index (χ0) is 10.1. The van der Waals surface area contributed by atoms with Gasteiger partial charge in [0.15, 0.2) is 0 Å². The molecule has 2 rings (SSSR count). The van der Waals surface area contributed by atoms with Crippen LogP contribution in [0.25, 0.3) is 0 Å².